The highest BCUT2D eigenvalue weighted by Gasteiger charge is 2.16. The standard InChI is InChI=1S/C18H30N2O/c1-4-6-15(11-14(3)8-10-21)12-18-17(5-2)16(13-19)7-9-20-18/h7,9,13-15,19,21H,4-6,8,10-12H2,1-3H3. The van der Waals surface area contributed by atoms with E-state index >= 15 is 0 Å². The van der Waals surface area contributed by atoms with E-state index in [2.05, 4.69) is 25.8 Å². The largest absolute Gasteiger partial charge is 0.396 e. The second-order valence-corrected chi connectivity index (χ2v) is 6.04. The van der Waals surface area contributed by atoms with Crippen molar-refractivity contribution in [1.82, 2.24) is 4.98 Å². The number of aliphatic hydroxyl groups is 1. The Balaban J connectivity index is 2.85. The van der Waals surface area contributed by atoms with E-state index in [-0.39, 0.29) is 6.61 Å². The van der Waals surface area contributed by atoms with Gasteiger partial charge in [0.1, 0.15) is 0 Å². The van der Waals surface area contributed by atoms with E-state index in [1.165, 1.54) is 24.6 Å². The molecule has 1 aromatic heterocycles. The van der Waals surface area contributed by atoms with E-state index in [9.17, 15) is 0 Å². The molecule has 0 aliphatic heterocycles. The van der Waals surface area contributed by atoms with Gasteiger partial charge >= 0.3 is 0 Å². The van der Waals surface area contributed by atoms with Crippen molar-refractivity contribution in [2.75, 3.05) is 6.61 Å². The second kappa shape index (κ2) is 9.67. The fourth-order valence-corrected chi connectivity index (χ4v) is 3.16. The number of hydrogen-bond acceptors (Lipinski definition) is 3. The molecule has 3 heteroatoms. The minimum absolute atomic E-state index is 0.280. The number of hydrogen-bond donors (Lipinski definition) is 2. The summed E-state index contributed by atoms with van der Waals surface area (Å²) in [5.74, 6) is 1.18. The van der Waals surface area contributed by atoms with E-state index in [0.29, 0.717) is 11.8 Å². The molecule has 0 amide bonds. The van der Waals surface area contributed by atoms with Crippen LogP contribution in [0.1, 0.15) is 63.3 Å². The van der Waals surface area contributed by atoms with Crippen molar-refractivity contribution < 1.29 is 5.11 Å². The minimum atomic E-state index is 0.280. The molecule has 0 saturated carbocycles. The molecular weight excluding hydrogens is 260 g/mol. The lowest BCUT2D eigenvalue weighted by molar-refractivity contribution is 0.242. The van der Waals surface area contributed by atoms with Gasteiger partial charge in [-0.3, -0.25) is 4.98 Å². The number of rotatable bonds is 10. The lowest BCUT2D eigenvalue weighted by Crippen LogP contribution is -2.13. The van der Waals surface area contributed by atoms with Crippen LogP contribution in [0.25, 0.3) is 0 Å². The summed E-state index contributed by atoms with van der Waals surface area (Å²) >= 11 is 0. The third kappa shape index (κ3) is 5.58. The van der Waals surface area contributed by atoms with Crippen LogP contribution in [0.15, 0.2) is 12.3 Å². The average molecular weight is 290 g/mol. The van der Waals surface area contributed by atoms with E-state index < -0.39 is 0 Å². The molecule has 2 N–H and O–H groups in total. The van der Waals surface area contributed by atoms with Crippen LogP contribution in [-0.2, 0) is 12.8 Å². The molecule has 0 bridgehead atoms. The normalized spacial score (nSPS) is 13.9. The first kappa shape index (κ1) is 17.8. The van der Waals surface area contributed by atoms with Gasteiger partial charge in [-0.25, -0.2) is 0 Å². The number of pyridine rings is 1. The van der Waals surface area contributed by atoms with Gasteiger partial charge in [0.15, 0.2) is 0 Å². The number of aromatic nitrogens is 1. The van der Waals surface area contributed by atoms with Crippen molar-refractivity contribution in [2.45, 2.75) is 59.3 Å². The Morgan fingerprint density at radius 2 is 2.10 bits per heavy atom. The topological polar surface area (TPSA) is 57.0 Å². The van der Waals surface area contributed by atoms with Crippen molar-refractivity contribution >= 4 is 6.21 Å². The zero-order chi connectivity index (χ0) is 15.7. The predicted octanol–water partition coefficient (Wildman–Crippen LogP) is 4.01. The predicted molar refractivity (Wildman–Crippen MR) is 89.1 cm³/mol. The van der Waals surface area contributed by atoms with Gasteiger partial charge in [0, 0.05) is 24.7 Å². The number of nitrogens with zero attached hydrogens (tertiary/aromatic N) is 1. The molecule has 118 valence electrons. The van der Waals surface area contributed by atoms with E-state index in [1.54, 1.807) is 0 Å². The zero-order valence-electron chi connectivity index (χ0n) is 13.7. The Labute approximate surface area is 129 Å². The van der Waals surface area contributed by atoms with Crippen molar-refractivity contribution in [3.63, 3.8) is 0 Å². The molecule has 0 aliphatic rings. The molecule has 0 spiro atoms. The lowest BCUT2D eigenvalue weighted by atomic mass is 9.85. The van der Waals surface area contributed by atoms with Crippen LogP contribution in [0.5, 0.6) is 0 Å². The molecule has 1 aromatic rings. The quantitative estimate of drug-likeness (QED) is 0.640. The molecule has 2 unspecified atom stereocenters. The van der Waals surface area contributed by atoms with Crippen LogP contribution in [0.4, 0.5) is 0 Å². The van der Waals surface area contributed by atoms with Crippen molar-refractivity contribution in [1.29, 1.82) is 5.41 Å². The van der Waals surface area contributed by atoms with Crippen LogP contribution in [0.2, 0.25) is 0 Å². The maximum absolute atomic E-state index is 9.08. The van der Waals surface area contributed by atoms with Crippen LogP contribution in [0, 0.1) is 17.2 Å². The SMILES string of the molecule is CCCC(Cc1nccc(C=N)c1CC)CC(C)CCO. The molecular formula is C18H30N2O. The van der Waals surface area contributed by atoms with Crippen LogP contribution >= 0.6 is 0 Å². The molecule has 0 aromatic carbocycles. The van der Waals surface area contributed by atoms with Gasteiger partial charge in [0.2, 0.25) is 0 Å². The Kier molecular flexibility index (Phi) is 8.21. The van der Waals surface area contributed by atoms with Gasteiger partial charge in [-0.2, -0.15) is 0 Å². The maximum Gasteiger partial charge on any atom is 0.0444 e. The van der Waals surface area contributed by atoms with Gasteiger partial charge in [-0.05, 0) is 54.7 Å². The van der Waals surface area contributed by atoms with Crippen LogP contribution < -0.4 is 0 Å². The number of nitrogens with one attached hydrogen (secondary N) is 1. The highest BCUT2D eigenvalue weighted by molar-refractivity contribution is 5.79. The Hall–Kier alpha value is -1.22. The molecule has 1 heterocycles. The third-order valence-electron chi connectivity index (χ3n) is 4.23. The molecule has 0 fully saturated rings. The Morgan fingerprint density at radius 3 is 2.67 bits per heavy atom. The minimum Gasteiger partial charge on any atom is -0.396 e. The smallest absolute Gasteiger partial charge is 0.0444 e. The second-order valence-electron chi connectivity index (χ2n) is 6.04. The van der Waals surface area contributed by atoms with Crippen molar-refractivity contribution in [3.8, 4) is 0 Å². The monoisotopic (exact) mass is 290 g/mol. The molecule has 0 radical (unpaired) electrons. The molecule has 2 atom stereocenters. The van der Waals surface area contributed by atoms with Gasteiger partial charge in [-0.1, -0.05) is 33.6 Å². The summed E-state index contributed by atoms with van der Waals surface area (Å²) in [6.07, 6.45) is 9.61. The summed E-state index contributed by atoms with van der Waals surface area (Å²) < 4.78 is 0. The molecule has 0 aliphatic carbocycles. The first-order valence-electron chi connectivity index (χ1n) is 8.24. The first-order chi connectivity index (χ1) is 10.2. The van der Waals surface area contributed by atoms with Crippen molar-refractivity contribution in [3.05, 3.63) is 29.1 Å². The highest BCUT2D eigenvalue weighted by Crippen LogP contribution is 2.25. The molecule has 3 nitrogen and oxygen atoms in total. The van der Waals surface area contributed by atoms with Crippen LogP contribution in [0.3, 0.4) is 0 Å². The van der Waals surface area contributed by atoms with E-state index in [1.807, 2.05) is 12.3 Å². The first-order valence-corrected chi connectivity index (χ1v) is 8.24. The van der Waals surface area contributed by atoms with E-state index in [0.717, 1.165) is 36.9 Å². The third-order valence-corrected chi connectivity index (χ3v) is 4.23. The Bertz CT molecular complexity index is 431. The summed E-state index contributed by atoms with van der Waals surface area (Å²) in [6, 6.07) is 1.93. The van der Waals surface area contributed by atoms with E-state index in [4.69, 9.17) is 10.5 Å². The molecule has 0 saturated heterocycles. The Morgan fingerprint density at radius 1 is 1.33 bits per heavy atom. The highest BCUT2D eigenvalue weighted by atomic mass is 16.3. The van der Waals surface area contributed by atoms with Gasteiger partial charge < -0.3 is 10.5 Å². The fourth-order valence-electron chi connectivity index (χ4n) is 3.16. The zero-order valence-corrected chi connectivity index (χ0v) is 13.7. The summed E-state index contributed by atoms with van der Waals surface area (Å²) in [5.41, 5.74) is 3.39. The maximum atomic E-state index is 9.08. The van der Waals surface area contributed by atoms with Gasteiger partial charge in [0.05, 0.1) is 0 Å². The summed E-state index contributed by atoms with van der Waals surface area (Å²) in [7, 11) is 0. The van der Waals surface area contributed by atoms with Crippen molar-refractivity contribution in [2.24, 2.45) is 11.8 Å². The fraction of sp³-hybridized carbons (Fsp3) is 0.667. The van der Waals surface area contributed by atoms with Gasteiger partial charge in [-0.15, -0.1) is 0 Å². The van der Waals surface area contributed by atoms with Crippen LogP contribution in [-0.4, -0.2) is 22.9 Å². The summed E-state index contributed by atoms with van der Waals surface area (Å²) in [6.45, 7) is 6.87. The number of aliphatic hydroxyl groups excluding tert-OH is 1. The lowest BCUT2D eigenvalue weighted by Gasteiger charge is -2.21. The van der Waals surface area contributed by atoms with Gasteiger partial charge in [0.25, 0.3) is 0 Å². The molecule has 21 heavy (non-hydrogen) atoms. The average Bonchev–Trinajstić information content (AvgIpc) is 2.47. The summed E-state index contributed by atoms with van der Waals surface area (Å²) in [4.78, 5) is 4.58. The molecule has 1 rings (SSSR count). The summed E-state index contributed by atoms with van der Waals surface area (Å²) in [5, 5.41) is 16.6.